The number of rotatable bonds is 9. The SMILES string of the molecule is CCN1CCOC(CNCC(O)COCC2CC2)C1. The van der Waals surface area contributed by atoms with Crippen molar-refractivity contribution in [2.75, 3.05) is 52.5 Å². The highest BCUT2D eigenvalue weighted by atomic mass is 16.5. The van der Waals surface area contributed by atoms with Gasteiger partial charge >= 0.3 is 0 Å². The monoisotopic (exact) mass is 272 g/mol. The zero-order chi connectivity index (χ0) is 13.5. The molecule has 5 nitrogen and oxygen atoms in total. The molecule has 1 aliphatic heterocycles. The first kappa shape index (κ1) is 15.2. The Morgan fingerprint density at radius 2 is 2.32 bits per heavy atom. The number of morpholine rings is 1. The summed E-state index contributed by atoms with van der Waals surface area (Å²) in [4.78, 5) is 2.39. The molecule has 0 aromatic heterocycles. The van der Waals surface area contributed by atoms with Crippen LogP contribution in [-0.2, 0) is 9.47 Å². The molecule has 0 aromatic carbocycles. The van der Waals surface area contributed by atoms with Gasteiger partial charge in [0.25, 0.3) is 0 Å². The summed E-state index contributed by atoms with van der Waals surface area (Å²) < 4.78 is 11.2. The van der Waals surface area contributed by atoms with Crippen LogP contribution in [0.3, 0.4) is 0 Å². The molecule has 5 heteroatoms. The van der Waals surface area contributed by atoms with E-state index in [0.717, 1.165) is 45.3 Å². The van der Waals surface area contributed by atoms with Gasteiger partial charge in [-0.3, -0.25) is 4.90 Å². The van der Waals surface area contributed by atoms with E-state index in [1.807, 2.05) is 0 Å². The Morgan fingerprint density at radius 1 is 1.47 bits per heavy atom. The quantitative estimate of drug-likeness (QED) is 0.623. The molecule has 0 bridgehead atoms. The van der Waals surface area contributed by atoms with Gasteiger partial charge in [-0.25, -0.2) is 0 Å². The number of aliphatic hydroxyl groups is 1. The van der Waals surface area contributed by atoms with Crippen LogP contribution in [0.5, 0.6) is 0 Å². The summed E-state index contributed by atoms with van der Waals surface area (Å²) in [6.07, 6.45) is 2.42. The highest BCUT2D eigenvalue weighted by Gasteiger charge is 2.22. The van der Waals surface area contributed by atoms with Gasteiger partial charge in [0.05, 0.1) is 25.4 Å². The molecule has 1 saturated heterocycles. The van der Waals surface area contributed by atoms with Crippen molar-refractivity contribution < 1.29 is 14.6 Å². The van der Waals surface area contributed by atoms with E-state index in [1.54, 1.807) is 0 Å². The highest BCUT2D eigenvalue weighted by molar-refractivity contribution is 4.74. The van der Waals surface area contributed by atoms with Gasteiger partial charge < -0.3 is 19.9 Å². The molecule has 0 aromatic rings. The molecule has 2 unspecified atom stereocenters. The van der Waals surface area contributed by atoms with Crippen LogP contribution in [0.1, 0.15) is 19.8 Å². The molecule has 2 N–H and O–H groups in total. The molecule has 0 spiro atoms. The van der Waals surface area contributed by atoms with Gasteiger partial charge in [-0.05, 0) is 25.3 Å². The summed E-state index contributed by atoms with van der Waals surface area (Å²) in [7, 11) is 0. The third-order valence-electron chi connectivity index (χ3n) is 3.78. The lowest BCUT2D eigenvalue weighted by molar-refractivity contribution is -0.0276. The van der Waals surface area contributed by atoms with E-state index < -0.39 is 6.10 Å². The van der Waals surface area contributed by atoms with Crippen LogP contribution in [0, 0.1) is 5.92 Å². The lowest BCUT2D eigenvalue weighted by Crippen LogP contribution is -2.47. The number of nitrogens with zero attached hydrogens (tertiary/aromatic N) is 1. The Bertz CT molecular complexity index is 249. The predicted octanol–water partition coefficient (Wildman–Crippen LogP) is 0.0842. The fourth-order valence-corrected chi connectivity index (χ4v) is 2.32. The van der Waals surface area contributed by atoms with Crippen molar-refractivity contribution in [2.24, 2.45) is 5.92 Å². The smallest absolute Gasteiger partial charge is 0.0897 e. The number of hydrogen-bond donors (Lipinski definition) is 2. The van der Waals surface area contributed by atoms with Gasteiger partial charge in [-0.1, -0.05) is 6.92 Å². The normalized spacial score (nSPS) is 26.5. The molecule has 1 heterocycles. The molecule has 112 valence electrons. The molecular formula is C14H28N2O3. The van der Waals surface area contributed by atoms with E-state index in [2.05, 4.69) is 17.1 Å². The van der Waals surface area contributed by atoms with E-state index in [1.165, 1.54) is 12.8 Å². The van der Waals surface area contributed by atoms with Crippen molar-refractivity contribution in [2.45, 2.75) is 32.0 Å². The largest absolute Gasteiger partial charge is 0.389 e. The fraction of sp³-hybridized carbons (Fsp3) is 1.00. The molecule has 0 radical (unpaired) electrons. The summed E-state index contributed by atoms with van der Waals surface area (Å²) in [5.41, 5.74) is 0. The summed E-state index contributed by atoms with van der Waals surface area (Å²) >= 11 is 0. The standard InChI is InChI=1S/C14H28N2O3/c1-2-16-5-6-19-14(9-16)8-15-7-13(17)11-18-10-12-3-4-12/h12-15,17H,2-11H2,1H3. The Labute approximate surface area is 116 Å². The first-order chi connectivity index (χ1) is 9.28. The maximum absolute atomic E-state index is 9.77. The Hall–Kier alpha value is -0.200. The maximum Gasteiger partial charge on any atom is 0.0897 e. The molecule has 1 aliphatic carbocycles. The number of likely N-dealkylation sites (N-methyl/N-ethyl adjacent to an activating group) is 1. The second-order valence-corrected chi connectivity index (χ2v) is 5.68. The van der Waals surface area contributed by atoms with Crippen LogP contribution >= 0.6 is 0 Å². The molecule has 2 aliphatic rings. The van der Waals surface area contributed by atoms with Gasteiger partial charge in [0.1, 0.15) is 0 Å². The number of hydrogen-bond acceptors (Lipinski definition) is 5. The molecule has 2 rings (SSSR count). The molecule has 19 heavy (non-hydrogen) atoms. The lowest BCUT2D eigenvalue weighted by atomic mass is 10.2. The Morgan fingerprint density at radius 3 is 3.05 bits per heavy atom. The third-order valence-corrected chi connectivity index (χ3v) is 3.78. The minimum absolute atomic E-state index is 0.244. The predicted molar refractivity (Wildman–Crippen MR) is 74.3 cm³/mol. The molecule has 2 atom stereocenters. The van der Waals surface area contributed by atoms with Crippen LogP contribution in [0.15, 0.2) is 0 Å². The van der Waals surface area contributed by atoms with E-state index in [9.17, 15) is 5.11 Å². The first-order valence-electron chi connectivity index (χ1n) is 7.58. The van der Waals surface area contributed by atoms with Crippen LogP contribution < -0.4 is 5.32 Å². The molecule has 0 amide bonds. The number of nitrogens with one attached hydrogen (secondary N) is 1. The van der Waals surface area contributed by atoms with Crippen molar-refractivity contribution in [1.29, 1.82) is 0 Å². The summed E-state index contributed by atoms with van der Waals surface area (Å²) in [6, 6.07) is 0. The van der Waals surface area contributed by atoms with E-state index in [0.29, 0.717) is 13.2 Å². The third kappa shape index (κ3) is 6.19. The molecule has 1 saturated carbocycles. The Kier molecular flexibility index (Phi) is 6.53. The topological polar surface area (TPSA) is 54.0 Å². The van der Waals surface area contributed by atoms with Gasteiger partial charge in [0, 0.05) is 32.8 Å². The zero-order valence-corrected chi connectivity index (χ0v) is 12.0. The first-order valence-corrected chi connectivity index (χ1v) is 7.58. The van der Waals surface area contributed by atoms with Gasteiger partial charge in [0.2, 0.25) is 0 Å². The van der Waals surface area contributed by atoms with E-state index in [4.69, 9.17) is 9.47 Å². The highest BCUT2D eigenvalue weighted by Crippen LogP contribution is 2.28. The van der Waals surface area contributed by atoms with Gasteiger partial charge in [-0.15, -0.1) is 0 Å². The van der Waals surface area contributed by atoms with Gasteiger partial charge in [-0.2, -0.15) is 0 Å². The van der Waals surface area contributed by atoms with Crippen LogP contribution in [-0.4, -0.2) is 74.8 Å². The lowest BCUT2D eigenvalue weighted by Gasteiger charge is -2.32. The van der Waals surface area contributed by atoms with Crippen LogP contribution in [0.2, 0.25) is 0 Å². The van der Waals surface area contributed by atoms with Crippen LogP contribution in [0.25, 0.3) is 0 Å². The number of aliphatic hydroxyl groups excluding tert-OH is 1. The van der Waals surface area contributed by atoms with Crippen molar-refractivity contribution in [3.05, 3.63) is 0 Å². The summed E-state index contributed by atoms with van der Waals surface area (Å²) in [5.74, 6) is 0.760. The summed E-state index contributed by atoms with van der Waals surface area (Å²) in [5, 5.41) is 13.0. The van der Waals surface area contributed by atoms with Crippen LogP contribution in [0.4, 0.5) is 0 Å². The Balaban J connectivity index is 1.47. The minimum atomic E-state index is -0.412. The minimum Gasteiger partial charge on any atom is -0.389 e. The van der Waals surface area contributed by atoms with Crippen molar-refractivity contribution >= 4 is 0 Å². The van der Waals surface area contributed by atoms with Crippen molar-refractivity contribution in [1.82, 2.24) is 10.2 Å². The van der Waals surface area contributed by atoms with Gasteiger partial charge in [0.15, 0.2) is 0 Å². The average molecular weight is 272 g/mol. The molecular weight excluding hydrogens is 244 g/mol. The average Bonchev–Trinajstić information content (AvgIpc) is 3.23. The summed E-state index contributed by atoms with van der Waals surface area (Å²) in [6.45, 7) is 8.72. The van der Waals surface area contributed by atoms with E-state index in [-0.39, 0.29) is 6.10 Å². The van der Waals surface area contributed by atoms with Crippen molar-refractivity contribution in [3.63, 3.8) is 0 Å². The second kappa shape index (κ2) is 8.17. The van der Waals surface area contributed by atoms with E-state index >= 15 is 0 Å². The number of ether oxygens (including phenoxy) is 2. The fourth-order valence-electron chi connectivity index (χ4n) is 2.32. The zero-order valence-electron chi connectivity index (χ0n) is 12.0. The van der Waals surface area contributed by atoms with Crippen molar-refractivity contribution in [3.8, 4) is 0 Å². The second-order valence-electron chi connectivity index (χ2n) is 5.68. The maximum atomic E-state index is 9.77. The molecule has 2 fully saturated rings.